The number of thiocarbonyl (C=S) groups is 1. The lowest BCUT2D eigenvalue weighted by atomic mass is 10.1. The van der Waals surface area contributed by atoms with E-state index < -0.39 is 0 Å². The minimum atomic E-state index is 0.518. The van der Waals surface area contributed by atoms with Crippen LogP contribution in [0.2, 0.25) is 0 Å². The van der Waals surface area contributed by atoms with E-state index in [1.807, 2.05) is 12.1 Å². The van der Waals surface area contributed by atoms with Gasteiger partial charge in [-0.1, -0.05) is 18.3 Å². The van der Waals surface area contributed by atoms with Gasteiger partial charge in [-0.15, -0.1) is 0 Å². The molecule has 0 saturated heterocycles. The van der Waals surface area contributed by atoms with Crippen molar-refractivity contribution in [3.05, 3.63) is 23.8 Å². The van der Waals surface area contributed by atoms with E-state index in [4.69, 9.17) is 22.7 Å². The maximum absolute atomic E-state index is 5.57. The molecule has 1 aromatic rings. The molecule has 0 amide bonds. The third kappa shape index (κ3) is 2.21. The van der Waals surface area contributed by atoms with Crippen LogP contribution in [0.3, 0.4) is 0 Å². The zero-order valence-electron chi connectivity index (χ0n) is 8.69. The Morgan fingerprint density at radius 1 is 1.60 bits per heavy atom. The molecule has 0 fully saturated rings. The van der Waals surface area contributed by atoms with Crippen LogP contribution in [-0.2, 0) is 0 Å². The predicted molar refractivity (Wildman–Crippen MR) is 65.7 cm³/mol. The van der Waals surface area contributed by atoms with Crippen molar-refractivity contribution in [2.75, 3.05) is 24.6 Å². The summed E-state index contributed by atoms with van der Waals surface area (Å²) in [6.45, 7) is 4.22. The Balaban J connectivity index is 2.32. The number of ether oxygens (including phenoxy) is 1. The Morgan fingerprint density at radius 2 is 2.40 bits per heavy atom. The lowest BCUT2D eigenvalue weighted by Crippen LogP contribution is -2.38. The fraction of sp³-hybridized carbons (Fsp3) is 0.364. The number of anilines is 1. The third-order valence-electron chi connectivity index (χ3n) is 2.42. The van der Waals surface area contributed by atoms with Gasteiger partial charge in [-0.2, -0.15) is 0 Å². The van der Waals surface area contributed by atoms with E-state index in [1.54, 1.807) is 0 Å². The molecule has 1 heterocycles. The van der Waals surface area contributed by atoms with Crippen LogP contribution >= 0.6 is 12.2 Å². The molecule has 2 rings (SSSR count). The number of hydrogen-bond donors (Lipinski definition) is 1. The van der Waals surface area contributed by atoms with Crippen molar-refractivity contribution in [3.8, 4) is 5.75 Å². The molecule has 0 aromatic heterocycles. The lowest BCUT2D eigenvalue weighted by Gasteiger charge is -2.31. The fourth-order valence-electron chi connectivity index (χ4n) is 1.74. The molecular formula is C11H14N2OS. The van der Waals surface area contributed by atoms with Gasteiger partial charge in [0.15, 0.2) is 0 Å². The van der Waals surface area contributed by atoms with Gasteiger partial charge in [-0.3, -0.25) is 0 Å². The molecule has 0 aliphatic carbocycles. The van der Waals surface area contributed by atoms with Crippen LogP contribution in [0.15, 0.2) is 18.2 Å². The molecular weight excluding hydrogens is 208 g/mol. The molecule has 1 aliphatic heterocycles. The zero-order valence-corrected chi connectivity index (χ0v) is 9.51. The molecule has 0 radical (unpaired) electrons. The van der Waals surface area contributed by atoms with Crippen molar-refractivity contribution in [1.29, 1.82) is 0 Å². The molecule has 15 heavy (non-hydrogen) atoms. The van der Waals surface area contributed by atoms with Gasteiger partial charge in [0, 0.05) is 0 Å². The van der Waals surface area contributed by atoms with Crippen LogP contribution in [-0.4, -0.2) is 24.7 Å². The van der Waals surface area contributed by atoms with E-state index in [0.29, 0.717) is 18.1 Å². The zero-order chi connectivity index (χ0) is 10.8. The Morgan fingerprint density at radius 3 is 3.13 bits per heavy atom. The summed E-state index contributed by atoms with van der Waals surface area (Å²) >= 11 is 4.93. The monoisotopic (exact) mass is 222 g/mol. The van der Waals surface area contributed by atoms with Crippen LogP contribution < -0.4 is 15.4 Å². The van der Waals surface area contributed by atoms with Crippen LogP contribution in [0.5, 0.6) is 5.75 Å². The number of rotatable bonds is 2. The van der Waals surface area contributed by atoms with Crippen molar-refractivity contribution >= 4 is 22.9 Å². The van der Waals surface area contributed by atoms with Crippen molar-refractivity contribution < 1.29 is 4.74 Å². The highest BCUT2D eigenvalue weighted by Crippen LogP contribution is 2.31. The highest BCUT2D eigenvalue weighted by molar-refractivity contribution is 7.80. The summed E-state index contributed by atoms with van der Waals surface area (Å²) in [4.78, 5) is 2.68. The van der Waals surface area contributed by atoms with Crippen LogP contribution in [0.1, 0.15) is 5.56 Å². The molecule has 2 N–H and O–H groups in total. The second kappa shape index (κ2) is 4.06. The molecule has 0 saturated carbocycles. The average molecular weight is 222 g/mol. The molecule has 0 bridgehead atoms. The number of aryl methyl sites for hydroxylation is 1. The first-order chi connectivity index (χ1) is 7.16. The van der Waals surface area contributed by atoms with E-state index in [-0.39, 0.29) is 0 Å². The van der Waals surface area contributed by atoms with Crippen molar-refractivity contribution in [1.82, 2.24) is 0 Å². The molecule has 0 atom stereocenters. The average Bonchev–Trinajstić information content (AvgIpc) is 2.18. The number of hydrogen-bond acceptors (Lipinski definition) is 3. The number of nitrogens with zero attached hydrogens (tertiary/aromatic N) is 1. The van der Waals surface area contributed by atoms with Crippen molar-refractivity contribution in [2.24, 2.45) is 5.73 Å². The summed E-state index contributed by atoms with van der Waals surface area (Å²) in [6.07, 6.45) is 0. The van der Waals surface area contributed by atoms with Crippen molar-refractivity contribution in [2.45, 2.75) is 6.92 Å². The first kappa shape index (κ1) is 10.2. The molecule has 1 aromatic carbocycles. The summed E-state index contributed by atoms with van der Waals surface area (Å²) in [6, 6.07) is 6.15. The summed E-state index contributed by atoms with van der Waals surface area (Å²) in [5, 5.41) is 0. The molecule has 1 aliphatic rings. The molecule has 3 nitrogen and oxygen atoms in total. The Hall–Kier alpha value is -1.29. The summed E-state index contributed by atoms with van der Waals surface area (Å²) in [5.41, 5.74) is 7.87. The van der Waals surface area contributed by atoms with Gasteiger partial charge in [-0.05, 0) is 24.6 Å². The van der Waals surface area contributed by atoms with E-state index in [9.17, 15) is 0 Å². The smallest absolute Gasteiger partial charge is 0.142 e. The molecule has 0 spiro atoms. The second-order valence-electron chi connectivity index (χ2n) is 3.71. The van der Waals surface area contributed by atoms with Gasteiger partial charge >= 0.3 is 0 Å². The maximum Gasteiger partial charge on any atom is 0.142 e. The quantitative estimate of drug-likeness (QED) is 0.769. The summed E-state index contributed by atoms with van der Waals surface area (Å²) < 4.78 is 5.56. The van der Waals surface area contributed by atoms with Gasteiger partial charge < -0.3 is 15.4 Å². The molecule has 4 heteroatoms. The predicted octanol–water partition coefficient (Wildman–Crippen LogP) is 1.48. The molecule has 80 valence electrons. The van der Waals surface area contributed by atoms with Gasteiger partial charge in [0.25, 0.3) is 0 Å². The first-order valence-corrected chi connectivity index (χ1v) is 5.34. The Kier molecular flexibility index (Phi) is 2.77. The topological polar surface area (TPSA) is 38.5 Å². The van der Waals surface area contributed by atoms with Gasteiger partial charge in [0.2, 0.25) is 0 Å². The standard InChI is InChI=1S/C11H14N2OS/c1-8-2-3-10-9(6-8)13(4-5-14-10)7-11(12)15/h2-3,6H,4-5,7H2,1H3,(H2,12,15). The van der Waals surface area contributed by atoms with Gasteiger partial charge in [0.1, 0.15) is 12.4 Å². The maximum atomic E-state index is 5.57. The van der Waals surface area contributed by atoms with Crippen LogP contribution in [0.25, 0.3) is 0 Å². The lowest BCUT2D eigenvalue weighted by molar-refractivity contribution is 0.310. The Bertz CT molecular complexity index is 392. The van der Waals surface area contributed by atoms with Crippen LogP contribution in [0.4, 0.5) is 5.69 Å². The van der Waals surface area contributed by atoms with Gasteiger partial charge in [-0.25, -0.2) is 0 Å². The highest BCUT2D eigenvalue weighted by Gasteiger charge is 2.18. The molecule has 0 unspecified atom stereocenters. The second-order valence-corrected chi connectivity index (χ2v) is 4.23. The number of nitrogens with two attached hydrogens (primary N) is 1. The highest BCUT2D eigenvalue weighted by atomic mass is 32.1. The van der Waals surface area contributed by atoms with E-state index in [1.165, 1.54) is 5.56 Å². The minimum absolute atomic E-state index is 0.518. The SMILES string of the molecule is Cc1ccc2c(c1)N(CC(N)=S)CCO2. The Labute approximate surface area is 94.8 Å². The van der Waals surface area contributed by atoms with Crippen molar-refractivity contribution in [3.63, 3.8) is 0 Å². The van der Waals surface area contributed by atoms with E-state index in [0.717, 1.165) is 18.0 Å². The number of benzene rings is 1. The first-order valence-electron chi connectivity index (χ1n) is 4.93. The number of fused-ring (bicyclic) bond motifs is 1. The normalized spacial score (nSPS) is 14.3. The van der Waals surface area contributed by atoms with E-state index >= 15 is 0 Å². The largest absolute Gasteiger partial charge is 0.490 e. The fourth-order valence-corrected chi connectivity index (χ4v) is 1.89. The third-order valence-corrected chi connectivity index (χ3v) is 2.55. The summed E-state index contributed by atoms with van der Waals surface area (Å²) in [5.74, 6) is 0.920. The van der Waals surface area contributed by atoms with Gasteiger partial charge in [0.05, 0.1) is 23.8 Å². The van der Waals surface area contributed by atoms with Crippen LogP contribution in [0, 0.1) is 6.92 Å². The minimum Gasteiger partial charge on any atom is -0.490 e. The summed E-state index contributed by atoms with van der Waals surface area (Å²) in [7, 11) is 0. The van der Waals surface area contributed by atoms with E-state index in [2.05, 4.69) is 17.9 Å².